The maximum atomic E-state index is 12.1. The van der Waals surface area contributed by atoms with Crippen molar-refractivity contribution in [2.24, 2.45) is 5.73 Å². The van der Waals surface area contributed by atoms with Gasteiger partial charge in [0.2, 0.25) is 5.91 Å². The number of hydrogen-bond donors (Lipinski definition) is 2. The normalized spacial score (nSPS) is 10.5. The van der Waals surface area contributed by atoms with Gasteiger partial charge in [-0.25, -0.2) is 0 Å². The second-order valence-electron chi connectivity index (χ2n) is 4.64. The van der Waals surface area contributed by atoms with Gasteiger partial charge in [0.15, 0.2) is 0 Å². The zero-order valence-electron chi connectivity index (χ0n) is 11.3. The molecule has 0 radical (unpaired) electrons. The molecule has 0 aliphatic carbocycles. The van der Waals surface area contributed by atoms with Crippen molar-refractivity contribution in [2.75, 3.05) is 5.43 Å². The molecule has 0 saturated heterocycles. The number of carbonyl (C=O) groups excluding carboxylic acids is 1. The van der Waals surface area contributed by atoms with E-state index in [1.165, 1.54) is 0 Å². The molecule has 1 aromatic carbocycles. The summed E-state index contributed by atoms with van der Waals surface area (Å²) >= 11 is 0. The molecule has 2 rings (SSSR count). The molecule has 0 aliphatic heterocycles. The summed E-state index contributed by atoms with van der Waals surface area (Å²) in [6, 6.07) is 11.7. The van der Waals surface area contributed by atoms with Crippen LogP contribution in [-0.4, -0.2) is 10.6 Å². The Labute approximate surface area is 113 Å². The minimum atomic E-state index is -0.0386. The van der Waals surface area contributed by atoms with E-state index in [4.69, 9.17) is 5.73 Å². The van der Waals surface area contributed by atoms with E-state index in [9.17, 15) is 4.79 Å². The Bertz CT molecular complexity index is 567. The minimum Gasteiger partial charge on any atom is -0.326 e. The largest absolute Gasteiger partial charge is 0.326 e. The van der Waals surface area contributed by atoms with Crippen LogP contribution in [0.1, 0.15) is 22.5 Å². The van der Waals surface area contributed by atoms with Crippen molar-refractivity contribution in [2.45, 2.75) is 26.8 Å². The highest BCUT2D eigenvalue weighted by Gasteiger charge is 2.09. The van der Waals surface area contributed by atoms with E-state index in [-0.39, 0.29) is 5.91 Å². The number of nitrogens with one attached hydrogen (secondary N) is 1. The molecule has 0 aliphatic rings. The summed E-state index contributed by atoms with van der Waals surface area (Å²) < 4.78 is 1.80. The molecule has 4 nitrogen and oxygen atoms in total. The van der Waals surface area contributed by atoms with Gasteiger partial charge in [0.25, 0.3) is 0 Å². The molecule has 2 aromatic rings. The Morgan fingerprint density at radius 2 is 1.68 bits per heavy atom. The Kier molecular flexibility index (Phi) is 4.02. The van der Waals surface area contributed by atoms with Gasteiger partial charge in [0.1, 0.15) is 0 Å². The van der Waals surface area contributed by atoms with Gasteiger partial charge >= 0.3 is 0 Å². The molecule has 3 N–H and O–H groups in total. The SMILES string of the molecule is Cc1ccc(C)n1NC(=O)Cc1ccccc1CN. The second-order valence-corrected chi connectivity index (χ2v) is 4.64. The molecule has 0 saturated carbocycles. The third-order valence-corrected chi connectivity index (χ3v) is 3.20. The number of nitrogens with zero attached hydrogens (tertiary/aromatic N) is 1. The molecule has 1 amide bonds. The lowest BCUT2D eigenvalue weighted by atomic mass is 10.0. The zero-order valence-corrected chi connectivity index (χ0v) is 11.3. The van der Waals surface area contributed by atoms with Crippen molar-refractivity contribution in [3.8, 4) is 0 Å². The van der Waals surface area contributed by atoms with Gasteiger partial charge in [0, 0.05) is 17.9 Å². The highest BCUT2D eigenvalue weighted by molar-refractivity contribution is 5.86. The summed E-state index contributed by atoms with van der Waals surface area (Å²) in [5.41, 5.74) is 12.6. The number of carbonyl (C=O) groups is 1. The van der Waals surface area contributed by atoms with Crippen LogP contribution in [0.2, 0.25) is 0 Å². The van der Waals surface area contributed by atoms with E-state index in [2.05, 4.69) is 5.43 Å². The van der Waals surface area contributed by atoms with Gasteiger partial charge in [-0.3, -0.25) is 14.9 Å². The number of aromatic nitrogens is 1. The molecule has 0 fully saturated rings. The first-order valence-electron chi connectivity index (χ1n) is 6.33. The standard InChI is InChI=1S/C15H19N3O/c1-11-7-8-12(2)18(11)17-15(19)9-13-5-3-4-6-14(13)10-16/h3-8H,9-10,16H2,1-2H3,(H,17,19). The lowest BCUT2D eigenvalue weighted by Crippen LogP contribution is -2.26. The van der Waals surface area contributed by atoms with Crippen LogP contribution >= 0.6 is 0 Å². The minimum absolute atomic E-state index is 0.0386. The topological polar surface area (TPSA) is 60.0 Å². The number of hydrogen-bond acceptors (Lipinski definition) is 2. The molecule has 0 bridgehead atoms. The molecule has 0 spiro atoms. The van der Waals surface area contributed by atoms with Crippen LogP contribution in [0.15, 0.2) is 36.4 Å². The van der Waals surface area contributed by atoms with Crippen molar-refractivity contribution in [1.29, 1.82) is 0 Å². The number of rotatable bonds is 4. The lowest BCUT2D eigenvalue weighted by Gasteiger charge is -2.12. The van der Waals surface area contributed by atoms with Crippen molar-refractivity contribution >= 4 is 5.91 Å². The molecule has 0 unspecified atom stereocenters. The lowest BCUT2D eigenvalue weighted by molar-refractivity contribution is -0.116. The highest BCUT2D eigenvalue weighted by Crippen LogP contribution is 2.10. The number of nitrogens with two attached hydrogens (primary N) is 1. The quantitative estimate of drug-likeness (QED) is 0.878. The first-order chi connectivity index (χ1) is 9.11. The molecular formula is C15H19N3O. The monoisotopic (exact) mass is 257 g/mol. The van der Waals surface area contributed by atoms with Crippen LogP contribution < -0.4 is 11.2 Å². The van der Waals surface area contributed by atoms with Crippen molar-refractivity contribution in [1.82, 2.24) is 4.68 Å². The predicted molar refractivity (Wildman–Crippen MR) is 76.3 cm³/mol. The molecule has 4 heteroatoms. The first kappa shape index (κ1) is 13.4. The van der Waals surface area contributed by atoms with Crippen LogP contribution in [0.4, 0.5) is 0 Å². The Morgan fingerprint density at radius 3 is 2.26 bits per heavy atom. The van der Waals surface area contributed by atoms with Gasteiger partial charge in [-0.05, 0) is 37.1 Å². The first-order valence-corrected chi connectivity index (χ1v) is 6.33. The highest BCUT2D eigenvalue weighted by atomic mass is 16.2. The maximum absolute atomic E-state index is 12.1. The van der Waals surface area contributed by atoms with E-state index in [0.29, 0.717) is 13.0 Å². The Morgan fingerprint density at radius 1 is 1.11 bits per heavy atom. The van der Waals surface area contributed by atoms with E-state index in [0.717, 1.165) is 22.5 Å². The van der Waals surface area contributed by atoms with Gasteiger partial charge in [0.05, 0.1) is 6.42 Å². The van der Waals surface area contributed by atoms with Crippen molar-refractivity contribution in [3.63, 3.8) is 0 Å². The van der Waals surface area contributed by atoms with E-state index < -0.39 is 0 Å². The van der Waals surface area contributed by atoms with Gasteiger partial charge < -0.3 is 5.73 Å². The van der Waals surface area contributed by atoms with Crippen LogP contribution in [0.5, 0.6) is 0 Å². The molecule has 19 heavy (non-hydrogen) atoms. The van der Waals surface area contributed by atoms with Gasteiger partial charge in [-0.1, -0.05) is 24.3 Å². The molecule has 1 aromatic heterocycles. The number of amides is 1. The average molecular weight is 257 g/mol. The van der Waals surface area contributed by atoms with Crippen molar-refractivity contribution < 1.29 is 4.79 Å². The second kappa shape index (κ2) is 5.71. The van der Waals surface area contributed by atoms with Crippen LogP contribution in [0.25, 0.3) is 0 Å². The summed E-state index contributed by atoms with van der Waals surface area (Å²) in [6.45, 7) is 4.37. The average Bonchev–Trinajstić information content (AvgIpc) is 2.71. The maximum Gasteiger partial charge on any atom is 0.243 e. The summed E-state index contributed by atoms with van der Waals surface area (Å²) in [4.78, 5) is 12.1. The smallest absolute Gasteiger partial charge is 0.243 e. The summed E-state index contributed by atoms with van der Waals surface area (Å²) in [6.07, 6.45) is 0.338. The predicted octanol–water partition coefficient (Wildman–Crippen LogP) is 1.88. The molecular weight excluding hydrogens is 238 g/mol. The van der Waals surface area contributed by atoms with Gasteiger partial charge in [-0.2, -0.15) is 0 Å². The summed E-state index contributed by atoms with van der Waals surface area (Å²) in [5.74, 6) is -0.0386. The summed E-state index contributed by atoms with van der Waals surface area (Å²) in [5, 5.41) is 0. The fourth-order valence-electron chi connectivity index (χ4n) is 2.11. The van der Waals surface area contributed by atoms with Crippen LogP contribution in [0, 0.1) is 13.8 Å². The zero-order chi connectivity index (χ0) is 13.8. The third kappa shape index (κ3) is 3.03. The van der Waals surface area contributed by atoms with Crippen LogP contribution in [0.3, 0.4) is 0 Å². The van der Waals surface area contributed by atoms with Gasteiger partial charge in [-0.15, -0.1) is 0 Å². The summed E-state index contributed by atoms with van der Waals surface area (Å²) in [7, 11) is 0. The molecule has 100 valence electrons. The molecule has 1 heterocycles. The van der Waals surface area contributed by atoms with E-state index in [1.54, 1.807) is 4.68 Å². The van der Waals surface area contributed by atoms with E-state index in [1.807, 2.05) is 50.2 Å². The third-order valence-electron chi connectivity index (χ3n) is 3.20. The van der Waals surface area contributed by atoms with Crippen molar-refractivity contribution in [3.05, 3.63) is 58.9 Å². The molecule has 0 atom stereocenters. The Hall–Kier alpha value is -2.07. The fraction of sp³-hybridized carbons (Fsp3) is 0.267. The van der Waals surface area contributed by atoms with E-state index >= 15 is 0 Å². The number of benzene rings is 1. The fourth-order valence-corrected chi connectivity index (χ4v) is 2.11. The Balaban J connectivity index is 2.10. The number of aryl methyl sites for hydroxylation is 2. The van der Waals surface area contributed by atoms with Crippen LogP contribution in [-0.2, 0) is 17.8 Å².